The monoisotopic (exact) mass is 479 g/mol. The molecule has 6 nitrogen and oxygen atoms in total. The van der Waals surface area contributed by atoms with E-state index in [1.54, 1.807) is 18.2 Å². The first kappa shape index (κ1) is 24.7. The zero-order valence-electron chi connectivity index (χ0n) is 20.2. The smallest absolute Gasteiger partial charge is 0.247 e. The number of ether oxygens (including phenoxy) is 1. The van der Waals surface area contributed by atoms with Gasteiger partial charge in [0.2, 0.25) is 11.8 Å². The molecule has 0 radical (unpaired) electrons. The van der Waals surface area contributed by atoms with E-state index in [0.717, 1.165) is 28.1 Å². The van der Waals surface area contributed by atoms with Gasteiger partial charge in [0.25, 0.3) is 0 Å². The van der Waals surface area contributed by atoms with Crippen molar-refractivity contribution < 1.29 is 14.3 Å². The van der Waals surface area contributed by atoms with Crippen molar-refractivity contribution in [3.8, 4) is 5.75 Å². The van der Waals surface area contributed by atoms with Gasteiger partial charge in [0, 0.05) is 12.7 Å². The Labute approximate surface area is 211 Å². The number of methoxy groups -OCH3 is 1. The number of amides is 2. The first-order chi connectivity index (χ1) is 17.6. The van der Waals surface area contributed by atoms with Crippen LogP contribution in [-0.4, -0.2) is 28.8 Å². The van der Waals surface area contributed by atoms with Crippen molar-refractivity contribution in [3.63, 3.8) is 0 Å². The quantitative estimate of drug-likeness (QED) is 0.357. The highest BCUT2D eigenvalue weighted by molar-refractivity contribution is 5.89. The van der Waals surface area contributed by atoms with Crippen LogP contribution in [0.25, 0.3) is 0 Å². The van der Waals surface area contributed by atoms with E-state index in [0.29, 0.717) is 0 Å². The number of nitrogens with one attached hydrogen (secondary N) is 1. The van der Waals surface area contributed by atoms with E-state index in [-0.39, 0.29) is 31.3 Å². The lowest BCUT2D eigenvalue weighted by molar-refractivity contribution is -0.141. The van der Waals surface area contributed by atoms with Crippen LogP contribution in [0.15, 0.2) is 109 Å². The summed E-state index contributed by atoms with van der Waals surface area (Å²) in [5, 5.41) is 2.99. The molecule has 0 spiro atoms. The summed E-state index contributed by atoms with van der Waals surface area (Å²) < 4.78 is 5.28. The molecule has 0 aliphatic heterocycles. The van der Waals surface area contributed by atoms with Crippen LogP contribution >= 0.6 is 0 Å². The van der Waals surface area contributed by atoms with Crippen molar-refractivity contribution in [2.75, 3.05) is 7.11 Å². The zero-order valence-corrected chi connectivity index (χ0v) is 20.2. The highest BCUT2D eigenvalue weighted by Crippen LogP contribution is 2.26. The van der Waals surface area contributed by atoms with E-state index in [2.05, 4.69) is 10.3 Å². The van der Waals surface area contributed by atoms with Crippen LogP contribution in [-0.2, 0) is 29.1 Å². The molecule has 2 amide bonds. The number of carbonyl (C=O) groups excluding carboxylic acids is 2. The van der Waals surface area contributed by atoms with Crippen molar-refractivity contribution >= 4 is 11.8 Å². The third kappa shape index (κ3) is 6.57. The number of aromatic nitrogens is 1. The molecular weight excluding hydrogens is 450 g/mol. The fourth-order valence-electron chi connectivity index (χ4n) is 4.01. The van der Waals surface area contributed by atoms with Crippen molar-refractivity contribution in [1.29, 1.82) is 0 Å². The highest BCUT2D eigenvalue weighted by Gasteiger charge is 2.31. The Bertz CT molecular complexity index is 1250. The molecule has 6 heteroatoms. The number of carbonyl (C=O) groups is 2. The largest absolute Gasteiger partial charge is 0.497 e. The molecule has 0 saturated carbocycles. The Morgan fingerprint density at radius 3 is 2.14 bits per heavy atom. The number of nitrogens with zero attached hydrogens (tertiary/aromatic N) is 2. The summed E-state index contributed by atoms with van der Waals surface area (Å²) >= 11 is 0. The molecule has 0 saturated heterocycles. The topological polar surface area (TPSA) is 71.5 Å². The average molecular weight is 480 g/mol. The van der Waals surface area contributed by atoms with Crippen LogP contribution in [0.4, 0.5) is 0 Å². The summed E-state index contributed by atoms with van der Waals surface area (Å²) in [7, 11) is 1.61. The van der Waals surface area contributed by atoms with Crippen molar-refractivity contribution in [3.05, 3.63) is 132 Å². The van der Waals surface area contributed by atoms with Gasteiger partial charge < -0.3 is 15.0 Å². The zero-order chi connectivity index (χ0) is 25.2. The lowest BCUT2D eigenvalue weighted by atomic mass is 10.0. The van der Waals surface area contributed by atoms with Crippen LogP contribution in [0.1, 0.15) is 28.4 Å². The van der Waals surface area contributed by atoms with E-state index in [1.807, 2.05) is 103 Å². The Balaban J connectivity index is 1.66. The molecule has 3 aromatic carbocycles. The fraction of sp³-hybridized carbons (Fsp3) is 0.167. The van der Waals surface area contributed by atoms with Crippen molar-refractivity contribution in [1.82, 2.24) is 15.2 Å². The van der Waals surface area contributed by atoms with Gasteiger partial charge in [-0.25, -0.2) is 0 Å². The minimum Gasteiger partial charge on any atom is -0.497 e. The first-order valence-corrected chi connectivity index (χ1v) is 11.8. The predicted molar refractivity (Wildman–Crippen MR) is 139 cm³/mol. The Morgan fingerprint density at radius 1 is 0.833 bits per heavy atom. The third-order valence-corrected chi connectivity index (χ3v) is 5.88. The normalized spacial score (nSPS) is 11.4. The minimum absolute atomic E-state index is 0.140. The van der Waals surface area contributed by atoms with E-state index >= 15 is 0 Å². The molecule has 36 heavy (non-hydrogen) atoms. The maximum atomic E-state index is 13.7. The maximum absolute atomic E-state index is 13.7. The molecule has 1 aromatic heterocycles. The Morgan fingerprint density at radius 2 is 1.50 bits per heavy atom. The van der Waals surface area contributed by atoms with Gasteiger partial charge in [0.1, 0.15) is 11.8 Å². The number of hydrogen-bond acceptors (Lipinski definition) is 4. The fourth-order valence-corrected chi connectivity index (χ4v) is 4.01. The van der Waals surface area contributed by atoms with Gasteiger partial charge in [-0.2, -0.15) is 0 Å². The van der Waals surface area contributed by atoms with Crippen LogP contribution in [0.3, 0.4) is 0 Å². The summed E-state index contributed by atoms with van der Waals surface area (Å²) in [6.45, 7) is 0.540. The molecule has 182 valence electrons. The molecule has 0 fully saturated rings. The lowest BCUT2D eigenvalue weighted by Crippen LogP contribution is -2.44. The second kappa shape index (κ2) is 12.3. The summed E-state index contributed by atoms with van der Waals surface area (Å²) in [6, 6.07) is 31.3. The molecule has 1 unspecified atom stereocenters. The van der Waals surface area contributed by atoms with E-state index in [9.17, 15) is 9.59 Å². The number of hydrogen-bond donors (Lipinski definition) is 1. The summed E-state index contributed by atoms with van der Waals surface area (Å²) in [4.78, 5) is 33.3. The third-order valence-electron chi connectivity index (χ3n) is 5.88. The predicted octanol–water partition coefficient (Wildman–Crippen LogP) is 4.72. The van der Waals surface area contributed by atoms with Gasteiger partial charge in [0.15, 0.2) is 0 Å². The number of rotatable bonds is 10. The van der Waals surface area contributed by atoms with E-state index in [1.165, 1.54) is 0 Å². The van der Waals surface area contributed by atoms with Crippen LogP contribution in [0.5, 0.6) is 5.75 Å². The highest BCUT2D eigenvalue weighted by atomic mass is 16.5. The minimum atomic E-state index is -0.812. The number of pyridine rings is 1. The van der Waals surface area contributed by atoms with Crippen LogP contribution in [0, 0.1) is 0 Å². The average Bonchev–Trinajstić information content (AvgIpc) is 2.93. The second-order valence-electron chi connectivity index (χ2n) is 8.38. The summed E-state index contributed by atoms with van der Waals surface area (Å²) in [6.07, 6.45) is 1.88. The van der Waals surface area contributed by atoms with Crippen molar-refractivity contribution in [2.45, 2.75) is 25.6 Å². The van der Waals surface area contributed by atoms with Gasteiger partial charge in [0.05, 0.1) is 25.8 Å². The van der Waals surface area contributed by atoms with Gasteiger partial charge in [-0.15, -0.1) is 0 Å². The van der Waals surface area contributed by atoms with Crippen LogP contribution in [0.2, 0.25) is 0 Å². The molecule has 0 aliphatic carbocycles. The molecule has 4 aromatic rings. The number of benzene rings is 3. The molecule has 1 heterocycles. The Hall–Kier alpha value is -4.45. The van der Waals surface area contributed by atoms with Gasteiger partial charge in [-0.3, -0.25) is 14.6 Å². The first-order valence-electron chi connectivity index (χ1n) is 11.8. The Kier molecular flexibility index (Phi) is 8.44. The molecule has 1 N–H and O–H groups in total. The maximum Gasteiger partial charge on any atom is 0.247 e. The summed E-state index contributed by atoms with van der Waals surface area (Å²) in [5.74, 6) is 0.328. The van der Waals surface area contributed by atoms with Crippen molar-refractivity contribution in [2.24, 2.45) is 0 Å². The molecule has 0 aliphatic rings. The van der Waals surface area contributed by atoms with E-state index in [4.69, 9.17) is 4.74 Å². The molecule has 1 atom stereocenters. The standard InChI is InChI=1S/C30H29N3O3/c1-36-27-17-15-24(16-18-27)22-33(28(34)20-23-10-4-2-5-11-23)29(25-12-6-3-7-13-25)30(35)32-21-26-14-8-9-19-31-26/h2-19,29H,20-22H2,1H3,(H,32,35). The van der Waals surface area contributed by atoms with Gasteiger partial charge in [-0.05, 0) is 41.0 Å². The second-order valence-corrected chi connectivity index (χ2v) is 8.38. The van der Waals surface area contributed by atoms with E-state index < -0.39 is 6.04 Å². The summed E-state index contributed by atoms with van der Waals surface area (Å²) in [5.41, 5.74) is 3.28. The molecule has 4 rings (SSSR count). The van der Waals surface area contributed by atoms with Gasteiger partial charge in [-0.1, -0.05) is 78.9 Å². The lowest BCUT2D eigenvalue weighted by Gasteiger charge is -2.32. The SMILES string of the molecule is COc1ccc(CN(C(=O)Cc2ccccc2)C(C(=O)NCc2ccccn2)c2ccccc2)cc1. The molecular formula is C30H29N3O3. The molecule has 0 bridgehead atoms. The van der Waals surface area contributed by atoms with Crippen LogP contribution < -0.4 is 10.1 Å². The van der Waals surface area contributed by atoms with Gasteiger partial charge >= 0.3 is 0 Å².